The number of Topliss-reactive ketones (excluding diaryl/α,β-unsaturated/α-hetero) is 1. The van der Waals surface area contributed by atoms with Crippen molar-refractivity contribution in [3.05, 3.63) is 0 Å². The first-order valence-corrected chi connectivity index (χ1v) is 5.50. The van der Waals surface area contributed by atoms with Crippen LogP contribution in [0.5, 0.6) is 0 Å². The second-order valence-corrected chi connectivity index (χ2v) is 4.42. The average molecular weight is 227 g/mol. The monoisotopic (exact) mass is 227 g/mol. The predicted molar refractivity (Wildman–Crippen MR) is 57.5 cm³/mol. The van der Waals surface area contributed by atoms with E-state index in [1.807, 2.05) is 0 Å². The molecule has 2 saturated heterocycles. The lowest BCUT2D eigenvalue weighted by Gasteiger charge is -2.29. The normalized spacial score (nSPS) is 29.5. The van der Waals surface area contributed by atoms with Gasteiger partial charge in [0.1, 0.15) is 5.54 Å². The Labute approximate surface area is 93.6 Å². The van der Waals surface area contributed by atoms with Gasteiger partial charge in [-0.1, -0.05) is 12.2 Å². The van der Waals surface area contributed by atoms with E-state index in [1.165, 1.54) is 0 Å². The van der Waals surface area contributed by atoms with E-state index < -0.39 is 5.54 Å². The minimum atomic E-state index is -0.760. The molecule has 0 aromatic rings. The minimum absolute atomic E-state index is 0.0742. The second kappa shape index (κ2) is 3.56. The maximum Gasteiger partial charge on any atom is 0.332 e. The summed E-state index contributed by atoms with van der Waals surface area (Å²) in [5, 5.41) is 0. The fraction of sp³-hybridized carbons (Fsp3) is 0.700. The zero-order valence-electron chi connectivity index (χ0n) is 8.62. The number of nitrogens with zero attached hydrogens (tertiary/aromatic N) is 1. The van der Waals surface area contributed by atoms with Crippen LogP contribution in [-0.2, 0) is 14.3 Å². The number of ether oxygens (including phenoxy) is 1. The van der Waals surface area contributed by atoms with E-state index in [1.54, 1.807) is 11.8 Å². The van der Waals surface area contributed by atoms with Gasteiger partial charge in [-0.15, -0.1) is 0 Å². The summed E-state index contributed by atoms with van der Waals surface area (Å²) in [6, 6.07) is 0. The molecule has 0 spiro atoms. The topological polar surface area (TPSA) is 46.6 Å². The van der Waals surface area contributed by atoms with E-state index in [2.05, 4.69) is 0 Å². The number of hydrogen-bond donors (Lipinski definition) is 0. The molecule has 0 bridgehead atoms. The molecule has 0 radical (unpaired) electrons. The molecule has 0 N–H and O–H groups in total. The number of esters is 1. The van der Waals surface area contributed by atoms with Gasteiger partial charge in [-0.2, -0.15) is 0 Å². The van der Waals surface area contributed by atoms with Gasteiger partial charge in [-0.05, 0) is 13.3 Å². The van der Waals surface area contributed by atoms with Crippen molar-refractivity contribution in [2.45, 2.75) is 31.7 Å². The lowest BCUT2D eigenvalue weighted by molar-refractivity contribution is -0.153. The molecule has 0 aliphatic carbocycles. The minimum Gasteiger partial charge on any atom is -0.464 e. The van der Waals surface area contributed by atoms with Crippen LogP contribution in [0.1, 0.15) is 26.2 Å². The van der Waals surface area contributed by atoms with E-state index in [0.717, 1.165) is 0 Å². The summed E-state index contributed by atoms with van der Waals surface area (Å²) < 4.78 is 5.03. The summed E-state index contributed by atoms with van der Waals surface area (Å²) in [4.78, 5) is 25.7. The van der Waals surface area contributed by atoms with Crippen molar-refractivity contribution >= 4 is 29.0 Å². The van der Waals surface area contributed by atoms with Crippen LogP contribution in [0, 0.1) is 0 Å². The van der Waals surface area contributed by atoms with Crippen molar-refractivity contribution in [2.75, 3.05) is 13.2 Å². The zero-order valence-corrected chi connectivity index (χ0v) is 9.43. The van der Waals surface area contributed by atoms with Crippen LogP contribution in [0.3, 0.4) is 0 Å². The third-order valence-electron chi connectivity index (χ3n) is 3.05. The Balaban J connectivity index is 2.28. The first kappa shape index (κ1) is 10.5. The van der Waals surface area contributed by atoms with Crippen molar-refractivity contribution in [3.8, 4) is 0 Å². The van der Waals surface area contributed by atoms with E-state index in [4.69, 9.17) is 17.0 Å². The van der Waals surface area contributed by atoms with Gasteiger partial charge >= 0.3 is 5.97 Å². The molecular weight excluding hydrogens is 214 g/mol. The maximum atomic E-state index is 11.9. The Morgan fingerprint density at radius 2 is 2.40 bits per heavy atom. The van der Waals surface area contributed by atoms with Crippen LogP contribution in [0.15, 0.2) is 0 Å². The highest BCUT2D eigenvalue weighted by atomic mass is 32.1. The standard InChI is InChI=1S/C10H13NO3S/c1-2-14-9(13)10-4-3-8(15)11(10)6-7(12)5-10/h2-6H2,1H3. The second-order valence-electron chi connectivity index (χ2n) is 3.95. The van der Waals surface area contributed by atoms with Crippen molar-refractivity contribution < 1.29 is 14.3 Å². The predicted octanol–water partition coefficient (Wildman–Crippen LogP) is 0.684. The summed E-state index contributed by atoms with van der Waals surface area (Å²) in [6.07, 6.45) is 1.59. The molecule has 0 amide bonds. The van der Waals surface area contributed by atoms with E-state index in [-0.39, 0.29) is 24.7 Å². The van der Waals surface area contributed by atoms with Gasteiger partial charge in [0.2, 0.25) is 0 Å². The highest BCUT2D eigenvalue weighted by Crippen LogP contribution is 2.39. The van der Waals surface area contributed by atoms with E-state index in [9.17, 15) is 9.59 Å². The van der Waals surface area contributed by atoms with Crippen LogP contribution in [0.4, 0.5) is 0 Å². The Kier molecular flexibility index (Phi) is 2.50. The van der Waals surface area contributed by atoms with Crippen molar-refractivity contribution in [3.63, 3.8) is 0 Å². The highest BCUT2D eigenvalue weighted by molar-refractivity contribution is 7.80. The van der Waals surface area contributed by atoms with Crippen molar-refractivity contribution in [2.24, 2.45) is 0 Å². The number of ketones is 1. The van der Waals surface area contributed by atoms with Gasteiger partial charge in [0.15, 0.2) is 5.78 Å². The van der Waals surface area contributed by atoms with Crippen molar-refractivity contribution in [1.29, 1.82) is 0 Å². The number of rotatable bonds is 2. The molecule has 2 aliphatic rings. The van der Waals surface area contributed by atoms with Crippen LogP contribution >= 0.6 is 12.2 Å². The van der Waals surface area contributed by atoms with Gasteiger partial charge in [0.05, 0.1) is 18.1 Å². The summed E-state index contributed by atoms with van der Waals surface area (Å²) in [6.45, 7) is 2.38. The van der Waals surface area contributed by atoms with Crippen LogP contribution in [-0.4, -0.2) is 40.3 Å². The number of thiocarbonyl (C=S) groups is 1. The summed E-state index contributed by atoms with van der Waals surface area (Å²) in [5.74, 6) is -0.221. The molecule has 0 aromatic heterocycles. The van der Waals surface area contributed by atoms with Gasteiger partial charge in [-0.25, -0.2) is 4.79 Å². The Bertz CT molecular complexity index is 342. The molecule has 2 fully saturated rings. The first-order valence-electron chi connectivity index (χ1n) is 5.09. The van der Waals surface area contributed by atoms with Crippen LogP contribution < -0.4 is 0 Å². The van der Waals surface area contributed by atoms with Gasteiger partial charge < -0.3 is 9.64 Å². The number of carbonyl (C=O) groups excluding carboxylic acids is 2. The molecular formula is C10H13NO3S. The molecule has 0 aromatic carbocycles. The molecule has 1 unspecified atom stereocenters. The lowest BCUT2D eigenvalue weighted by atomic mass is 9.94. The molecule has 5 heteroatoms. The Morgan fingerprint density at radius 3 is 3.07 bits per heavy atom. The molecule has 4 nitrogen and oxygen atoms in total. The average Bonchev–Trinajstić information content (AvgIpc) is 2.66. The van der Waals surface area contributed by atoms with Crippen molar-refractivity contribution in [1.82, 2.24) is 4.90 Å². The largest absolute Gasteiger partial charge is 0.464 e. The van der Waals surface area contributed by atoms with Crippen LogP contribution in [0.2, 0.25) is 0 Å². The Morgan fingerprint density at radius 1 is 1.67 bits per heavy atom. The smallest absolute Gasteiger partial charge is 0.332 e. The molecule has 0 saturated carbocycles. The molecule has 1 atom stereocenters. The quantitative estimate of drug-likeness (QED) is 0.513. The Hall–Kier alpha value is -0.970. The summed E-state index contributed by atoms with van der Waals surface area (Å²) in [5.41, 5.74) is -0.760. The molecule has 15 heavy (non-hydrogen) atoms. The SMILES string of the molecule is CCOC(=O)C12CCC(=S)N1CC(=O)C2. The number of hydrogen-bond acceptors (Lipinski definition) is 4. The zero-order chi connectivity index (χ0) is 11.1. The third kappa shape index (κ3) is 1.45. The molecule has 82 valence electrons. The van der Waals surface area contributed by atoms with Gasteiger partial charge in [0.25, 0.3) is 0 Å². The summed E-state index contributed by atoms with van der Waals surface area (Å²) >= 11 is 5.15. The first-order chi connectivity index (χ1) is 7.10. The molecule has 2 aliphatic heterocycles. The fourth-order valence-electron chi connectivity index (χ4n) is 2.35. The van der Waals surface area contributed by atoms with E-state index >= 15 is 0 Å². The number of carbonyl (C=O) groups is 2. The fourth-order valence-corrected chi connectivity index (χ4v) is 2.70. The maximum absolute atomic E-state index is 11.9. The molecule has 2 rings (SSSR count). The lowest BCUT2D eigenvalue weighted by Crippen LogP contribution is -2.47. The highest BCUT2D eigenvalue weighted by Gasteiger charge is 2.56. The molecule has 2 heterocycles. The van der Waals surface area contributed by atoms with E-state index in [0.29, 0.717) is 24.4 Å². The van der Waals surface area contributed by atoms with Crippen LogP contribution in [0.25, 0.3) is 0 Å². The number of fused-ring (bicyclic) bond motifs is 1. The van der Waals surface area contributed by atoms with Gasteiger partial charge in [0, 0.05) is 12.8 Å². The van der Waals surface area contributed by atoms with Gasteiger partial charge in [-0.3, -0.25) is 4.79 Å². The third-order valence-corrected chi connectivity index (χ3v) is 3.47. The summed E-state index contributed by atoms with van der Waals surface area (Å²) in [7, 11) is 0.